The summed E-state index contributed by atoms with van der Waals surface area (Å²) in [4.78, 5) is 11.1. The van der Waals surface area contributed by atoms with E-state index in [1.165, 1.54) is 12.8 Å². The van der Waals surface area contributed by atoms with Crippen LogP contribution in [0.15, 0.2) is 0 Å². The third kappa shape index (κ3) is 2.30. The number of carbonyl (C=O) groups is 1. The first-order valence-corrected chi connectivity index (χ1v) is 4.59. The summed E-state index contributed by atoms with van der Waals surface area (Å²) in [5.74, 6) is 0.429. The molecule has 0 heterocycles. The molecule has 2 atom stereocenters. The molecule has 2 nitrogen and oxygen atoms in total. The Bertz CT molecular complexity index is 147. The summed E-state index contributed by atoms with van der Waals surface area (Å²) in [7, 11) is 0. The fourth-order valence-electron chi connectivity index (χ4n) is 1.72. The van der Waals surface area contributed by atoms with Crippen molar-refractivity contribution in [1.29, 1.82) is 0 Å². The first kappa shape index (κ1) is 9.25. The van der Waals surface area contributed by atoms with Gasteiger partial charge in [-0.25, -0.2) is 0 Å². The Labute approximate surface area is 76.1 Å². The van der Waals surface area contributed by atoms with Crippen molar-refractivity contribution in [3.8, 4) is 0 Å². The fraction of sp³-hybridized carbons (Fsp3) is 0.875. The van der Waals surface area contributed by atoms with Crippen molar-refractivity contribution in [3.05, 3.63) is 0 Å². The zero-order valence-electron chi connectivity index (χ0n) is 6.88. The molecule has 11 heavy (non-hydrogen) atoms. The van der Waals surface area contributed by atoms with Crippen LogP contribution in [0.25, 0.3) is 0 Å². The highest BCUT2D eigenvalue weighted by Gasteiger charge is 2.24. The third-order valence-corrected chi connectivity index (χ3v) is 2.75. The molecule has 3 heteroatoms. The first-order chi connectivity index (χ1) is 5.25. The normalized spacial score (nSPS) is 31.8. The molecule has 0 bridgehead atoms. The summed E-state index contributed by atoms with van der Waals surface area (Å²) in [6, 6.07) is 0. The van der Waals surface area contributed by atoms with E-state index in [0.717, 1.165) is 12.8 Å². The second-order valence-corrected chi connectivity index (χ2v) is 3.45. The van der Waals surface area contributed by atoms with E-state index < -0.39 is 0 Å². The summed E-state index contributed by atoms with van der Waals surface area (Å²) in [6.45, 7) is 1.66. The highest BCUT2D eigenvalue weighted by molar-refractivity contribution is 5.98. The lowest BCUT2D eigenvalue weighted by atomic mass is 9.84. The monoisotopic (exact) mass is 168 g/mol. The molecule has 0 N–H and O–H groups in total. The fourth-order valence-corrected chi connectivity index (χ4v) is 2.05. The van der Waals surface area contributed by atoms with Crippen molar-refractivity contribution < 1.29 is 8.58 Å². The quantitative estimate of drug-likeness (QED) is 0.580. The van der Waals surface area contributed by atoms with E-state index in [4.69, 9.17) is 3.79 Å². The maximum absolute atomic E-state index is 11.1. The molecule has 0 amide bonds. The van der Waals surface area contributed by atoms with Gasteiger partial charge in [-0.3, -0.25) is 4.79 Å². The molecule has 2 unspecified atom stereocenters. The van der Waals surface area contributed by atoms with E-state index in [-0.39, 0.29) is 17.8 Å². The second kappa shape index (κ2) is 4.25. The number of carbonyl (C=O) groups excluding carboxylic acids is 1. The Morgan fingerprint density at radius 2 is 2.09 bits per heavy atom. The van der Waals surface area contributed by atoms with Gasteiger partial charge in [0.1, 0.15) is 5.78 Å². The van der Waals surface area contributed by atoms with Crippen LogP contribution >= 0.6 is 0 Å². The maximum atomic E-state index is 11.1. The summed E-state index contributed by atoms with van der Waals surface area (Å²) in [5, 5.41) is 0. The predicted molar refractivity (Wildman–Crippen MR) is 43.3 cm³/mol. The van der Waals surface area contributed by atoms with Gasteiger partial charge >= 0.3 is 0 Å². The molecular weight excluding hydrogens is 155 g/mol. The van der Waals surface area contributed by atoms with E-state index in [9.17, 15) is 4.79 Å². The summed E-state index contributed by atoms with van der Waals surface area (Å²) in [5.41, 5.74) is 0. The molecule has 1 aliphatic rings. The smallest absolute Gasteiger partial charge is 0.135 e. The molecule has 0 spiro atoms. The van der Waals surface area contributed by atoms with Crippen LogP contribution in [0.5, 0.6) is 0 Å². The molecular formula is C8H13AlO2-. The van der Waals surface area contributed by atoms with Crippen LogP contribution in [0.3, 0.4) is 0 Å². The number of ketones is 1. The van der Waals surface area contributed by atoms with E-state index in [2.05, 4.69) is 16.6 Å². The molecule has 1 rings (SSSR count). The standard InChI is InChI=1S/C8H13O2.Al/c1-6(9)7-4-2-3-5-8(7)10;/h7-8H,2-5H2,1H3;/q-1;. The van der Waals surface area contributed by atoms with Crippen molar-refractivity contribution in [2.45, 2.75) is 38.7 Å². The van der Waals surface area contributed by atoms with Crippen molar-refractivity contribution in [2.24, 2.45) is 5.92 Å². The van der Waals surface area contributed by atoms with Crippen LogP contribution in [0, 0.1) is 5.92 Å². The van der Waals surface area contributed by atoms with Crippen LogP contribution < -0.4 is 0 Å². The van der Waals surface area contributed by atoms with Gasteiger partial charge in [0.2, 0.25) is 0 Å². The SMILES string of the molecule is CC(=O)C1CCCCC1[O][Al-]. The topological polar surface area (TPSA) is 26.3 Å². The van der Waals surface area contributed by atoms with Crippen LogP contribution in [-0.2, 0) is 8.58 Å². The first-order valence-electron chi connectivity index (χ1n) is 4.11. The minimum absolute atomic E-state index is 0.154. The van der Waals surface area contributed by atoms with E-state index in [1.807, 2.05) is 0 Å². The Kier molecular flexibility index (Phi) is 3.58. The Morgan fingerprint density at radius 1 is 1.45 bits per heavy atom. The molecule has 0 aromatic rings. The largest absolute Gasteiger partial charge is 0.757 e. The Balaban J connectivity index is 2.51. The molecule has 0 aliphatic heterocycles. The van der Waals surface area contributed by atoms with Gasteiger partial charge in [-0.15, -0.1) is 0 Å². The van der Waals surface area contributed by atoms with Gasteiger partial charge in [-0.2, -0.15) is 0 Å². The zero-order chi connectivity index (χ0) is 8.27. The van der Waals surface area contributed by atoms with E-state index in [0.29, 0.717) is 0 Å². The molecule has 3 radical (unpaired) electrons. The zero-order valence-corrected chi connectivity index (χ0v) is 8.03. The molecule has 0 aromatic heterocycles. The molecule has 61 valence electrons. The van der Waals surface area contributed by atoms with Crippen molar-refractivity contribution in [2.75, 3.05) is 0 Å². The average molecular weight is 168 g/mol. The molecule has 0 saturated heterocycles. The second-order valence-electron chi connectivity index (χ2n) is 3.18. The minimum atomic E-state index is 0.154. The van der Waals surface area contributed by atoms with Gasteiger partial charge in [0.25, 0.3) is 0 Å². The lowest BCUT2D eigenvalue weighted by Gasteiger charge is -2.36. The van der Waals surface area contributed by atoms with E-state index in [1.54, 1.807) is 6.92 Å². The Hall–Kier alpha value is 0.162. The average Bonchev–Trinajstić information content (AvgIpc) is 2.04. The van der Waals surface area contributed by atoms with Gasteiger partial charge in [-0.1, -0.05) is 12.8 Å². The Morgan fingerprint density at radius 3 is 2.55 bits per heavy atom. The summed E-state index contributed by atoms with van der Waals surface area (Å²) >= 11 is 2.26. The lowest BCUT2D eigenvalue weighted by molar-refractivity contribution is -0.124. The number of Topliss-reactive ketones (excluding diaryl/α,β-unsaturated/α-hetero) is 1. The van der Waals surface area contributed by atoms with Crippen LogP contribution in [0.4, 0.5) is 0 Å². The van der Waals surface area contributed by atoms with Gasteiger partial charge in [0.05, 0.1) is 0 Å². The maximum Gasteiger partial charge on any atom is 0.135 e. The van der Waals surface area contributed by atoms with Crippen LogP contribution in [0.1, 0.15) is 32.6 Å². The minimum Gasteiger partial charge on any atom is -0.757 e. The molecule has 1 saturated carbocycles. The van der Waals surface area contributed by atoms with Crippen LogP contribution in [0.2, 0.25) is 0 Å². The summed E-state index contributed by atoms with van der Waals surface area (Å²) in [6.07, 6.45) is 4.57. The molecule has 0 aromatic carbocycles. The lowest BCUT2D eigenvalue weighted by Crippen LogP contribution is -2.31. The van der Waals surface area contributed by atoms with Gasteiger partial charge in [-0.05, 0) is 19.8 Å². The third-order valence-electron chi connectivity index (χ3n) is 2.40. The highest BCUT2D eigenvalue weighted by Crippen LogP contribution is 2.26. The number of rotatable bonds is 2. The predicted octanol–water partition coefficient (Wildman–Crippen LogP) is 1.23. The van der Waals surface area contributed by atoms with Crippen LogP contribution in [-0.4, -0.2) is 28.5 Å². The van der Waals surface area contributed by atoms with Gasteiger partial charge in [0.15, 0.2) is 0 Å². The number of hydrogen-bond acceptors (Lipinski definition) is 2. The van der Waals surface area contributed by atoms with Crippen molar-refractivity contribution >= 4 is 22.4 Å². The molecule has 1 fully saturated rings. The highest BCUT2D eigenvalue weighted by atomic mass is 27.1. The van der Waals surface area contributed by atoms with Crippen molar-refractivity contribution in [1.82, 2.24) is 0 Å². The number of hydrogen-bond donors (Lipinski definition) is 0. The van der Waals surface area contributed by atoms with Crippen molar-refractivity contribution in [3.63, 3.8) is 0 Å². The van der Waals surface area contributed by atoms with Gasteiger partial charge in [0, 0.05) is 12.0 Å². The molecule has 1 aliphatic carbocycles. The van der Waals surface area contributed by atoms with E-state index >= 15 is 0 Å². The summed E-state index contributed by atoms with van der Waals surface area (Å²) < 4.78 is 5.16. The van der Waals surface area contributed by atoms with Gasteiger partial charge < -0.3 is 20.4 Å².